The van der Waals surface area contributed by atoms with Crippen LogP contribution >= 0.6 is 0 Å². The van der Waals surface area contributed by atoms with E-state index in [2.05, 4.69) is 4.99 Å². The smallest absolute Gasteiger partial charge is 0.418 e. The Morgan fingerprint density at radius 1 is 1.00 bits per heavy atom. The molecule has 6 nitrogen and oxygen atoms in total. The standard InChI is InChI=1S/C23H24N2O4/c1-16(24-15-17-9-5-4-6-10-17)20(22(26)28-2)14-19-13-18-11-7-8-12-21(18)25(19)23(27)29-3/h4-13,20H,14-15H2,1-3H3. The molecule has 150 valence electrons. The third kappa shape index (κ3) is 4.54. The molecule has 0 aliphatic rings. The van der Waals surface area contributed by atoms with Gasteiger partial charge in [0.25, 0.3) is 0 Å². The number of para-hydroxylation sites is 1. The minimum absolute atomic E-state index is 0.278. The first-order valence-electron chi connectivity index (χ1n) is 9.35. The summed E-state index contributed by atoms with van der Waals surface area (Å²) in [6.07, 6.45) is -0.218. The van der Waals surface area contributed by atoms with Gasteiger partial charge in [0.15, 0.2) is 0 Å². The number of hydrogen-bond donors (Lipinski definition) is 0. The molecule has 0 aliphatic carbocycles. The number of hydrogen-bond acceptors (Lipinski definition) is 5. The van der Waals surface area contributed by atoms with Gasteiger partial charge in [0.05, 0.1) is 32.2 Å². The number of esters is 1. The molecule has 0 saturated heterocycles. The second-order valence-electron chi connectivity index (χ2n) is 6.72. The van der Waals surface area contributed by atoms with E-state index in [1.165, 1.54) is 18.8 Å². The van der Waals surface area contributed by atoms with E-state index in [-0.39, 0.29) is 12.4 Å². The van der Waals surface area contributed by atoms with Crippen molar-refractivity contribution in [2.45, 2.75) is 19.9 Å². The van der Waals surface area contributed by atoms with Crippen molar-refractivity contribution < 1.29 is 19.1 Å². The summed E-state index contributed by atoms with van der Waals surface area (Å²) >= 11 is 0. The molecule has 2 aromatic carbocycles. The van der Waals surface area contributed by atoms with Crippen LogP contribution < -0.4 is 0 Å². The lowest BCUT2D eigenvalue weighted by atomic mass is 9.98. The van der Waals surface area contributed by atoms with E-state index in [4.69, 9.17) is 9.47 Å². The zero-order chi connectivity index (χ0) is 20.8. The molecule has 1 aromatic heterocycles. The maximum Gasteiger partial charge on any atom is 0.418 e. The highest BCUT2D eigenvalue weighted by atomic mass is 16.5. The number of benzene rings is 2. The van der Waals surface area contributed by atoms with Gasteiger partial charge in [-0.05, 0) is 24.6 Å². The normalized spacial score (nSPS) is 12.6. The Bertz CT molecular complexity index is 1040. The highest BCUT2D eigenvalue weighted by Crippen LogP contribution is 2.23. The molecule has 6 heteroatoms. The topological polar surface area (TPSA) is 69.9 Å². The van der Waals surface area contributed by atoms with Crippen molar-refractivity contribution in [1.82, 2.24) is 4.57 Å². The summed E-state index contributed by atoms with van der Waals surface area (Å²) in [5, 5.41) is 0.899. The first kappa shape index (κ1) is 20.3. The predicted octanol–water partition coefficient (Wildman–Crippen LogP) is 4.25. The van der Waals surface area contributed by atoms with E-state index >= 15 is 0 Å². The van der Waals surface area contributed by atoms with Crippen LogP contribution in [0.4, 0.5) is 4.79 Å². The lowest BCUT2D eigenvalue weighted by Crippen LogP contribution is -2.28. The van der Waals surface area contributed by atoms with Crippen molar-refractivity contribution in [3.63, 3.8) is 0 Å². The van der Waals surface area contributed by atoms with Gasteiger partial charge >= 0.3 is 12.1 Å². The van der Waals surface area contributed by atoms with Crippen LogP contribution in [-0.2, 0) is 27.2 Å². The van der Waals surface area contributed by atoms with Crippen LogP contribution in [-0.4, -0.2) is 36.6 Å². The van der Waals surface area contributed by atoms with Gasteiger partial charge in [-0.25, -0.2) is 9.36 Å². The van der Waals surface area contributed by atoms with Crippen LogP contribution in [0.3, 0.4) is 0 Å². The third-order valence-corrected chi connectivity index (χ3v) is 4.90. The molecule has 0 N–H and O–H groups in total. The number of aliphatic imine (C=N–C) groups is 1. The van der Waals surface area contributed by atoms with Gasteiger partial charge < -0.3 is 9.47 Å². The zero-order valence-electron chi connectivity index (χ0n) is 16.8. The van der Waals surface area contributed by atoms with Crippen LogP contribution in [0.2, 0.25) is 0 Å². The Hall–Kier alpha value is -3.41. The summed E-state index contributed by atoms with van der Waals surface area (Å²) < 4.78 is 11.5. The lowest BCUT2D eigenvalue weighted by molar-refractivity contribution is -0.143. The molecular weight excluding hydrogens is 368 g/mol. The fourth-order valence-electron chi connectivity index (χ4n) is 3.33. The average molecular weight is 392 g/mol. The monoisotopic (exact) mass is 392 g/mol. The van der Waals surface area contributed by atoms with Crippen LogP contribution in [0, 0.1) is 5.92 Å². The quantitative estimate of drug-likeness (QED) is 0.464. The van der Waals surface area contributed by atoms with Gasteiger partial charge in [0.1, 0.15) is 0 Å². The number of nitrogens with zero attached hydrogens (tertiary/aromatic N) is 2. The number of carbonyl (C=O) groups is 2. The highest BCUT2D eigenvalue weighted by Gasteiger charge is 2.26. The first-order valence-corrected chi connectivity index (χ1v) is 9.35. The predicted molar refractivity (Wildman–Crippen MR) is 112 cm³/mol. The number of carbonyl (C=O) groups excluding carboxylic acids is 2. The van der Waals surface area contributed by atoms with Gasteiger partial charge in [0, 0.05) is 23.2 Å². The van der Waals surface area contributed by atoms with Gasteiger partial charge in [-0.15, -0.1) is 0 Å². The summed E-state index contributed by atoms with van der Waals surface area (Å²) in [6, 6.07) is 19.2. The fourth-order valence-corrected chi connectivity index (χ4v) is 3.33. The molecule has 0 bridgehead atoms. The molecule has 1 heterocycles. The summed E-state index contributed by atoms with van der Waals surface area (Å²) in [4.78, 5) is 29.5. The maximum absolute atomic E-state index is 12.5. The molecule has 0 radical (unpaired) electrons. The maximum atomic E-state index is 12.5. The number of ether oxygens (including phenoxy) is 2. The Kier molecular flexibility index (Phi) is 6.44. The highest BCUT2D eigenvalue weighted by molar-refractivity contribution is 6.01. The van der Waals surface area contributed by atoms with E-state index < -0.39 is 12.0 Å². The molecule has 3 aromatic rings. The van der Waals surface area contributed by atoms with E-state index in [0.717, 1.165) is 16.5 Å². The second kappa shape index (κ2) is 9.19. The van der Waals surface area contributed by atoms with Gasteiger partial charge in [0.2, 0.25) is 0 Å². The number of rotatable bonds is 6. The second-order valence-corrected chi connectivity index (χ2v) is 6.72. The molecular formula is C23H24N2O4. The average Bonchev–Trinajstić information content (AvgIpc) is 3.13. The van der Waals surface area contributed by atoms with Gasteiger partial charge in [-0.3, -0.25) is 9.79 Å². The van der Waals surface area contributed by atoms with Crippen molar-refractivity contribution in [3.8, 4) is 0 Å². The van der Waals surface area contributed by atoms with Crippen LogP contribution in [0.5, 0.6) is 0 Å². The summed E-state index contributed by atoms with van der Waals surface area (Å²) in [7, 11) is 2.70. The molecule has 0 fully saturated rings. The van der Waals surface area contributed by atoms with Crippen molar-refractivity contribution >= 4 is 28.7 Å². The summed E-state index contributed by atoms with van der Waals surface area (Å²) in [6.45, 7) is 2.29. The minimum atomic E-state index is -0.601. The fraction of sp³-hybridized carbons (Fsp3) is 0.261. The summed E-state index contributed by atoms with van der Waals surface area (Å²) in [5.74, 6) is -0.989. The Morgan fingerprint density at radius 3 is 2.38 bits per heavy atom. The van der Waals surface area contributed by atoms with Gasteiger partial charge in [-0.1, -0.05) is 48.5 Å². The minimum Gasteiger partial charge on any atom is -0.469 e. The van der Waals surface area contributed by atoms with Crippen molar-refractivity contribution in [1.29, 1.82) is 0 Å². The zero-order valence-corrected chi connectivity index (χ0v) is 16.8. The van der Waals surface area contributed by atoms with E-state index in [1.807, 2.05) is 67.6 Å². The molecule has 0 spiro atoms. The Balaban J connectivity index is 1.95. The van der Waals surface area contributed by atoms with Crippen molar-refractivity contribution in [2.24, 2.45) is 10.9 Å². The lowest BCUT2D eigenvalue weighted by Gasteiger charge is -2.16. The molecule has 3 rings (SSSR count). The van der Waals surface area contributed by atoms with E-state index in [1.54, 1.807) is 0 Å². The molecule has 0 saturated carbocycles. The number of fused-ring (bicyclic) bond motifs is 1. The molecule has 29 heavy (non-hydrogen) atoms. The van der Waals surface area contributed by atoms with E-state index in [0.29, 0.717) is 18.0 Å². The van der Waals surface area contributed by atoms with Crippen LogP contribution in [0.15, 0.2) is 65.7 Å². The molecule has 1 atom stereocenters. The first-order chi connectivity index (χ1) is 14.0. The van der Waals surface area contributed by atoms with Crippen LogP contribution in [0.25, 0.3) is 10.9 Å². The van der Waals surface area contributed by atoms with Gasteiger partial charge in [-0.2, -0.15) is 0 Å². The van der Waals surface area contributed by atoms with Crippen molar-refractivity contribution in [2.75, 3.05) is 14.2 Å². The SMILES string of the molecule is COC(=O)C(Cc1cc2ccccc2n1C(=O)OC)C(C)=NCc1ccccc1. The van der Waals surface area contributed by atoms with Crippen molar-refractivity contribution in [3.05, 3.63) is 71.9 Å². The van der Waals surface area contributed by atoms with Crippen LogP contribution in [0.1, 0.15) is 18.2 Å². The summed E-state index contributed by atoms with van der Waals surface area (Å²) in [5.41, 5.74) is 3.11. The molecule has 0 aliphatic heterocycles. The largest absolute Gasteiger partial charge is 0.469 e. The third-order valence-electron chi connectivity index (χ3n) is 4.90. The Morgan fingerprint density at radius 2 is 1.69 bits per heavy atom. The number of aromatic nitrogens is 1. The van der Waals surface area contributed by atoms with E-state index in [9.17, 15) is 9.59 Å². The number of methoxy groups -OCH3 is 2. The molecule has 1 unspecified atom stereocenters. The Labute approximate surface area is 169 Å². The molecule has 0 amide bonds.